The molecule has 0 aromatic carbocycles. The molecule has 2 aliphatic heterocycles. The van der Waals surface area contributed by atoms with Crippen LogP contribution in [0.15, 0.2) is 18.2 Å². The monoisotopic (exact) mass is 358 g/mol. The fraction of sp³-hybridized carbons (Fsp3) is 0.579. The van der Waals surface area contributed by atoms with Crippen molar-refractivity contribution in [3.8, 4) is 0 Å². The fourth-order valence-corrected chi connectivity index (χ4v) is 3.50. The lowest BCUT2D eigenvalue weighted by atomic mass is 10.2. The molecule has 2 saturated heterocycles. The van der Waals surface area contributed by atoms with Gasteiger partial charge in [0, 0.05) is 46.2 Å². The molecule has 2 aliphatic rings. The molecule has 2 fully saturated rings. The summed E-state index contributed by atoms with van der Waals surface area (Å²) in [6, 6.07) is 5.05. The Morgan fingerprint density at radius 3 is 1.69 bits per heavy atom. The van der Waals surface area contributed by atoms with Crippen molar-refractivity contribution in [1.29, 1.82) is 0 Å². The number of piperazine rings is 1. The van der Waals surface area contributed by atoms with Gasteiger partial charge in [-0.15, -0.1) is 0 Å². The molecule has 0 aliphatic carbocycles. The topological polar surface area (TPSA) is 73.8 Å². The second kappa shape index (κ2) is 8.29. The Bertz CT molecular complexity index is 675. The summed E-state index contributed by atoms with van der Waals surface area (Å²) in [5.41, 5.74) is 0.627. The molecule has 0 atom stereocenters. The SMILES string of the molecule is CC(=O)N1CCN(C(=O)c2cccc(C(=O)N3CCCCCC3)n2)CC1. The molecule has 26 heavy (non-hydrogen) atoms. The number of aromatic nitrogens is 1. The molecule has 3 amide bonds. The van der Waals surface area contributed by atoms with E-state index in [1.54, 1.807) is 28.0 Å². The highest BCUT2D eigenvalue weighted by molar-refractivity contribution is 5.96. The Balaban J connectivity index is 1.67. The normalized spacial score (nSPS) is 18.4. The summed E-state index contributed by atoms with van der Waals surface area (Å²) < 4.78 is 0. The van der Waals surface area contributed by atoms with Crippen molar-refractivity contribution in [2.45, 2.75) is 32.6 Å². The van der Waals surface area contributed by atoms with Gasteiger partial charge in [-0.05, 0) is 25.0 Å². The third kappa shape index (κ3) is 4.20. The fourth-order valence-electron chi connectivity index (χ4n) is 3.50. The van der Waals surface area contributed by atoms with E-state index >= 15 is 0 Å². The Hall–Kier alpha value is -2.44. The second-order valence-corrected chi connectivity index (χ2v) is 6.91. The lowest BCUT2D eigenvalue weighted by molar-refractivity contribution is -0.130. The van der Waals surface area contributed by atoms with Gasteiger partial charge < -0.3 is 14.7 Å². The van der Waals surface area contributed by atoms with Crippen LogP contribution in [-0.4, -0.2) is 76.7 Å². The van der Waals surface area contributed by atoms with Crippen molar-refractivity contribution in [2.24, 2.45) is 0 Å². The van der Waals surface area contributed by atoms with Crippen LogP contribution in [0.5, 0.6) is 0 Å². The van der Waals surface area contributed by atoms with Crippen LogP contribution in [0.3, 0.4) is 0 Å². The van der Waals surface area contributed by atoms with Gasteiger partial charge in [0.2, 0.25) is 5.91 Å². The first kappa shape index (κ1) is 18.4. The third-order valence-corrected chi connectivity index (χ3v) is 5.09. The standard InChI is InChI=1S/C19H26N4O3/c1-15(24)21-11-13-23(14-12-21)19(26)17-8-6-7-16(20-17)18(25)22-9-4-2-3-5-10-22/h6-8H,2-5,9-14H2,1H3. The second-order valence-electron chi connectivity index (χ2n) is 6.91. The summed E-state index contributed by atoms with van der Waals surface area (Å²) in [4.78, 5) is 46.5. The van der Waals surface area contributed by atoms with Crippen LogP contribution in [0.1, 0.15) is 53.6 Å². The van der Waals surface area contributed by atoms with Crippen LogP contribution in [0, 0.1) is 0 Å². The smallest absolute Gasteiger partial charge is 0.272 e. The van der Waals surface area contributed by atoms with Crippen LogP contribution < -0.4 is 0 Å². The van der Waals surface area contributed by atoms with E-state index in [1.165, 1.54) is 6.92 Å². The molecule has 1 aromatic heterocycles. The van der Waals surface area contributed by atoms with Gasteiger partial charge in [0.25, 0.3) is 11.8 Å². The van der Waals surface area contributed by atoms with Crippen molar-refractivity contribution in [3.63, 3.8) is 0 Å². The summed E-state index contributed by atoms with van der Waals surface area (Å²) in [5.74, 6) is -0.248. The third-order valence-electron chi connectivity index (χ3n) is 5.09. The van der Waals surface area contributed by atoms with Crippen LogP contribution in [-0.2, 0) is 4.79 Å². The van der Waals surface area contributed by atoms with Gasteiger partial charge in [-0.1, -0.05) is 18.9 Å². The number of nitrogens with zero attached hydrogens (tertiary/aromatic N) is 4. The van der Waals surface area contributed by atoms with Gasteiger partial charge in [-0.3, -0.25) is 14.4 Å². The average molecular weight is 358 g/mol. The predicted molar refractivity (Wildman–Crippen MR) is 96.8 cm³/mol. The molecule has 0 saturated carbocycles. The maximum atomic E-state index is 12.7. The quantitative estimate of drug-likeness (QED) is 0.801. The van der Waals surface area contributed by atoms with E-state index in [-0.39, 0.29) is 17.7 Å². The summed E-state index contributed by atoms with van der Waals surface area (Å²) in [6.07, 6.45) is 4.35. The number of pyridine rings is 1. The average Bonchev–Trinajstić information content (AvgIpc) is 2.96. The number of amides is 3. The van der Waals surface area contributed by atoms with Crippen LogP contribution in [0.4, 0.5) is 0 Å². The van der Waals surface area contributed by atoms with E-state index in [2.05, 4.69) is 4.98 Å². The zero-order valence-electron chi connectivity index (χ0n) is 15.3. The van der Waals surface area contributed by atoms with Gasteiger partial charge in [-0.25, -0.2) is 4.98 Å². The highest BCUT2D eigenvalue weighted by Crippen LogP contribution is 2.14. The van der Waals surface area contributed by atoms with E-state index in [0.29, 0.717) is 37.6 Å². The number of rotatable bonds is 2. The Kier molecular flexibility index (Phi) is 5.85. The van der Waals surface area contributed by atoms with Gasteiger partial charge in [0.1, 0.15) is 11.4 Å². The zero-order chi connectivity index (χ0) is 18.5. The van der Waals surface area contributed by atoms with Crippen LogP contribution >= 0.6 is 0 Å². The van der Waals surface area contributed by atoms with Gasteiger partial charge in [0.15, 0.2) is 0 Å². The molecule has 0 bridgehead atoms. The largest absolute Gasteiger partial charge is 0.339 e. The van der Waals surface area contributed by atoms with E-state index < -0.39 is 0 Å². The molecule has 7 nitrogen and oxygen atoms in total. The highest BCUT2D eigenvalue weighted by Gasteiger charge is 2.25. The van der Waals surface area contributed by atoms with Crippen LogP contribution in [0.2, 0.25) is 0 Å². The van der Waals surface area contributed by atoms with E-state index in [0.717, 1.165) is 38.8 Å². The highest BCUT2D eigenvalue weighted by atomic mass is 16.2. The number of hydrogen-bond donors (Lipinski definition) is 0. The summed E-state index contributed by atoms with van der Waals surface area (Å²) in [6.45, 7) is 5.10. The van der Waals surface area contributed by atoms with Gasteiger partial charge in [0.05, 0.1) is 0 Å². The van der Waals surface area contributed by atoms with Gasteiger partial charge in [-0.2, -0.15) is 0 Å². The maximum Gasteiger partial charge on any atom is 0.272 e. The minimum atomic E-state index is -0.182. The Morgan fingerprint density at radius 2 is 1.19 bits per heavy atom. The molecule has 0 N–H and O–H groups in total. The van der Waals surface area contributed by atoms with Crippen LogP contribution in [0.25, 0.3) is 0 Å². The predicted octanol–water partition coefficient (Wildman–Crippen LogP) is 1.40. The molecule has 140 valence electrons. The molecule has 0 unspecified atom stereocenters. The van der Waals surface area contributed by atoms with Crippen molar-refractivity contribution >= 4 is 17.7 Å². The van der Waals surface area contributed by atoms with Crippen molar-refractivity contribution in [3.05, 3.63) is 29.6 Å². The first-order valence-corrected chi connectivity index (χ1v) is 9.37. The Labute approximate surface area is 154 Å². The lowest BCUT2D eigenvalue weighted by Gasteiger charge is -2.34. The molecule has 3 rings (SSSR count). The lowest BCUT2D eigenvalue weighted by Crippen LogP contribution is -2.50. The van der Waals surface area contributed by atoms with E-state index in [1.807, 2.05) is 4.90 Å². The molecule has 3 heterocycles. The number of likely N-dealkylation sites (tertiary alicyclic amines) is 1. The molecule has 0 radical (unpaired) electrons. The molecular weight excluding hydrogens is 332 g/mol. The molecule has 7 heteroatoms. The maximum absolute atomic E-state index is 12.7. The number of carbonyl (C=O) groups excluding carboxylic acids is 3. The molecular formula is C19H26N4O3. The summed E-state index contributed by atoms with van der Waals surface area (Å²) in [7, 11) is 0. The van der Waals surface area contributed by atoms with Crippen molar-refractivity contribution in [2.75, 3.05) is 39.3 Å². The molecule has 0 spiro atoms. The first-order chi connectivity index (χ1) is 12.6. The van der Waals surface area contributed by atoms with E-state index in [4.69, 9.17) is 0 Å². The van der Waals surface area contributed by atoms with Gasteiger partial charge >= 0.3 is 0 Å². The van der Waals surface area contributed by atoms with Crippen molar-refractivity contribution in [1.82, 2.24) is 19.7 Å². The number of hydrogen-bond acceptors (Lipinski definition) is 4. The summed E-state index contributed by atoms with van der Waals surface area (Å²) >= 11 is 0. The summed E-state index contributed by atoms with van der Waals surface area (Å²) in [5, 5.41) is 0. The Morgan fingerprint density at radius 1 is 0.731 bits per heavy atom. The van der Waals surface area contributed by atoms with E-state index in [9.17, 15) is 14.4 Å². The minimum absolute atomic E-state index is 0.0280. The first-order valence-electron chi connectivity index (χ1n) is 9.37. The number of carbonyl (C=O) groups is 3. The molecule has 1 aromatic rings. The van der Waals surface area contributed by atoms with Crippen molar-refractivity contribution < 1.29 is 14.4 Å². The minimum Gasteiger partial charge on any atom is -0.339 e. The zero-order valence-corrected chi connectivity index (χ0v) is 15.3.